The molecule has 0 amide bonds. The summed E-state index contributed by atoms with van der Waals surface area (Å²) in [6.45, 7) is 41.1. The minimum Gasteiger partial charge on any atom is -0.656 e. The Morgan fingerprint density at radius 3 is 0.954 bits per heavy atom. The zero-order valence-electron chi connectivity index (χ0n) is 42.6. The molecule has 2 aromatic carbocycles. The molecule has 0 fully saturated rings. The van der Waals surface area contributed by atoms with Crippen molar-refractivity contribution in [2.45, 2.75) is 144 Å². The zero-order chi connectivity index (χ0) is 46.9. The van der Waals surface area contributed by atoms with Gasteiger partial charge >= 0.3 is 19.5 Å². The Kier molecular flexibility index (Phi) is 13.3. The molecule has 0 spiro atoms. The molecule has 0 saturated heterocycles. The van der Waals surface area contributed by atoms with E-state index in [4.69, 9.17) is 19.9 Å². The molecule has 7 heteroatoms. The van der Waals surface area contributed by atoms with Crippen molar-refractivity contribution in [3.05, 3.63) is 117 Å². The number of rotatable bonds is 2. The van der Waals surface area contributed by atoms with Crippen LogP contribution in [-0.4, -0.2) is 26.1 Å². The van der Waals surface area contributed by atoms with Gasteiger partial charge in [0, 0.05) is 11.1 Å². The molecule has 0 unspecified atom stereocenters. The van der Waals surface area contributed by atoms with E-state index in [1.807, 2.05) is 0 Å². The molecule has 7 rings (SSSR count). The Bertz CT molecular complexity index is 2780. The van der Waals surface area contributed by atoms with Crippen LogP contribution in [0.5, 0.6) is 0 Å². The van der Waals surface area contributed by atoms with E-state index >= 15 is 0 Å². The predicted molar refractivity (Wildman–Crippen MR) is 283 cm³/mol. The molecule has 4 nitrogen and oxygen atoms in total. The van der Waals surface area contributed by atoms with E-state index in [-0.39, 0.29) is 41.1 Å². The van der Waals surface area contributed by atoms with Gasteiger partial charge in [0.2, 0.25) is 0 Å². The van der Waals surface area contributed by atoms with E-state index in [1.165, 1.54) is 22.3 Å². The number of hydrogen-bond acceptors (Lipinski definition) is 2. The largest absolute Gasteiger partial charge is 2.00 e. The fourth-order valence-corrected chi connectivity index (χ4v) is 8.71. The molecule has 330 valence electrons. The van der Waals surface area contributed by atoms with Gasteiger partial charge in [0.25, 0.3) is 0 Å². The first-order valence-corrected chi connectivity index (χ1v) is 29.9. The third-order valence-corrected chi connectivity index (χ3v) is 13.4. The Morgan fingerprint density at radius 1 is 0.400 bits per heavy atom. The summed E-state index contributed by atoms with van der Waals surface area (Å²) in [6, 6.07) is 22.6. The Balaban J connectivity index is 0.00000700. The average molecular weight is 943 g/mol. The van der Waals surface area contributed by atoms with Gasteiger partial charge in [-0.2, -0.15) is 0 Å². The number of hydrogen-bond donors (Lipinski definition) is 0. The fraction of sp³-hybridized carbons (Fsp3) is 0.379. The minimum absolute atomic E-state index is 0. The number of fused-ring (bicyclic) bond motifs is 8. The summed E-state index contributed by atoms with van der Waals surface area (Å²) in [5, 5.41) is 0. The summed E-state index contributed by atoms with van der Waals surface area (Å²) in [5.74, 6) is 7.30. The normalized spacial score (nSPS) is 13.2. The van der Waals surface area contributed by atoms with Crippen LogP contribution in [0.3, 0.4) is 0 Å². The number of nitrogens with zero attached hydrogens (tertiary/aromatic N) is 4. The molecule has 2 aliphatic rings. The maximum atomic E-state index is 5.49. The molecule has 0 saturated carbocycles. The Hall–Kier alpha value is -4.78. The van der Waals surface area contributed by atoms with Crippen molar-refractivity contribution in [1.82, 2.24) is 19.9 Å². The maximum absolute atomic E-state index is 5.49. The molecular weight excluding hydrogens is 874 g/mol. The van der Waals surface area contributed by atoms with Crippen molar-refractivity contribution in [3.63, 3.8) is 0 Å². The van der Waals surface area contributed by atoms with Crippen LogP contribution >= 0.6 is 0 Å². The monoisotopic (exact) mass is 940 g/mol. The van der Waals surface area contributed by atoms with Crippen LogP contribution in [0, 0.1) is 22.9 Å². The van der Waals surface area contributed by atoms with Crippen molar-refractivity contribution in [3.8, 4) is 45.2 Å². The Morgan fingerprint density at radius 2 is 0.677 bits per heavy atom. The molecule has 65 heavy (non-hydrogen) atoms. The molecule has 5 aromatic rings. The second-order valence-corrected chi connectivity index (χ2v) is 33.5. The summed E-state index contributed by atoms with van der Waals surface area (Å²) in [5.41, 5.74) is 24.5. The standard InChI is InChI=1S/C58H68N4Si2.Zn/c1-55(2,3)39-31-37(32-40(35-39)56(4,5)6)53-49-23-19-45(59-49)43(27-29-63(13,14)15)47-21-25-51(61-47)54(38-33-41(57(7,8)9)36-42(34-38)58(10,11)12)52-26-22-48(62-52)44(28-30-64(16,17)18)46-20-24-50(53)60-46;/h19-26,31-36H,1-18H3;/q-2;+2. The van der Waals surface area contributed by atoms with E-state index < -0.39 is 16.1 Å². The molecule has 0 N–H and O–H groups in total. The van der Waals surface area contributed by atoms with E-state index in [2.05, 4.69) is 230 Å². The van der Waals surface area contributed by atoms with Gasteiger partial charge in [0.05, 0.1) is 22.8 Å². The molecule has 0 atom stereocenters. The van der Waals surface area contributed by atoms with Gasteiger partial charge in [-0.3, -0.25) is 0 Å². The summed E-state index contributed by atoms with van der Waals surface area (Å²) in [4.78, 5) is 22.0. The van der Waals surface area contributed by atoms with Crippen LogP contribution in [0.15, 0.2) is 60.7 Å². The van der Waals surface area contributed by atoms with Crippen molar-refractivity contribution in [1.29, 1.82) is 0 Å². The second kappa shape index (κ2) is 17.5. The van der Waals surface area contributed by atoms with Crippen LogP contribution < -0.4 is 9.97 Å². The third kappa shape index (κ3) is 11.3. The molecule has 0 radical (unpaired) electrons. The van der Waals surface area contributed by atoms with Gasteiger partial charge in [0.15, 0.2) is 0 Å². The van der Waals surface area contributed by atoms with Gasteiger partial charge in [0.1, 0.15) is 16.1 Å². The number of benzene rings is 2. The zero-order valence-corrected chi connectivity index (χ0v) is 47.5. The molecule has 8 bridgehead atoms. The van der Waals surface area contributed by atoms with E-state index in [1.54, 1.807) is 0 Å². The van der Waals surface area contributed by atoms with Crippen LogP contribution in [-0.2, 0) is 41.1 Å². The maximum Gasteiger partial charge on any atom is 2.00 e. The van der Waals surface area contributed by atoms with Crippen LogP contribution in [0.1, 0.15) is 139 Å². The smallest absolute Gasteiger partial charge is 0.656 e. The first-order chi connectivity index (χ1) is 29.4. The molecule has 0 aliphatic carbocycles. The molecule has 3 aromatic heterocycles. The third-order valence-electron chi connectivity index (χ3n) is 11.6. The van der Waals surface area contributed by atoms with E-state index in [0.29, 0.717) is 0 Å². The summed E-state index contributed by atoms with van der Waals surface area (Å²) in [6.07, 6.45) is 8.52. The van der Waals surface area contributed by atoms with E-state index in [9.17, 15) is 0 Å². The van der Waals surface area contributed by atoms with Crippen LogP contribution in [0.4, 0.5) is 0 Å². The van der Waals surface area contributed by atoms with Crippen molar-refractivity contribution in [2.75, 3.05) is 0 Å². The average Bonchev–Trinajstić information content (AvgIpc) is 4.00. The summed E-state index contributed by atoms with van der Waals surface area (Å²) < 4.78 is 0. The van der Waals surface area contributed by atoms with Gasteiger partial charge in [-0.15, -0.1) is 33.2 Å². The van der Waals surface area contributed by atoms with Crippen LogP contribution in [0.2, 0.25) is 39.3 Å². The summed E-state index contributed by atoms with van der Waals surface area (Å²) >= 11 is 0. The Labute approximate surface area is 405 Å². The van der Waals surface area contributed by atoms with E-state index in [0.717, 1.165) is 78.2 Å². The quantitative estimate of drug-likeness (QED) is 0.128. The first kappa shape index (κ1) is 49.6. The fourth-order valence-electron chi connectivity index (χ4n) is 7.71. The van der Waals surface area contributed by atoms with Crippen molar-refractivity contribution < 1.29 is 19.5 Å². The van der Waals surface area contributed by atoms with Gasteiger partial charge < -0.3 is 9.97 Å². The van der Waals surface area contributed by atoms with Crippen molar-refractivity contribution in [2.24, 2.45) is 0 Å². The SMILES string of the molecule is CC(C)(C)c1cc(-c2c3nc(c(C#C[Si](C)(C)C)c4ccc([n-]4)c(-c4cc(C(C)(C)C)cc(C(C)(C)C)c4)c4nc(c(C#C[Si](C)(C)C)c5ccc2[n-]5)C=C4)C=C3)cc(C(C)(C)C)c1.[Zn+2]. The first-order valence-electron chi connectivity index (χ1n) is 22.9. The van der Waals surface area contributed by atoms with Gasteiger partial charge in [-0.1, -0.05) is 195 Å². The van der Waals surface area contributed by atoms with Gasteiger partial charge in [-0.25, -0.2) is 9.97 Å². The second-order valence-electron chi connectivity index (χ2n) is 24.0. The molecular formula is C58H68N4Si2Zn. The minimum atomic E-state index is -1.81. The molecule has 2 aliphatic heterocycles. The van der Waals surface area contributed by atoms with Crippen LogP contribution in [0.25, 0.3) is 68.6 Å². The molecule has 5 heterocycles. The van der Waals surface area contributed by atoms with Gasteiger partial charge in [-0.05, 0) is 90.5 Å². The number of aromatic nitrogens is 4. The van der Waals surface area contributed by atoms with Crippen molar-refractivity contribution >= 4 is 62.5 Å². The predicted octanol–water partition coefficient (Wildman–Crippen LogP) is 14.9. The topological polar surface area (TPSA) is 54.0 Å². The summed E-state index contributed by atoms with van der Waals surface area (Å²) in [7, 11) is -3.62.